The van der Waals surface area contributed by atoms with Crippen LogP contribution in [-0.2, 0) is 19.1 Å². The molecule has 1 heterocycles. The molecule has 0 radical (unpaired) electrons. The van der Waals surface area contributed by atoms with Crippen LogP contribution in [0.5, 0.6) is 0 Å². The first-order chi connectivity index (χ1) is 12.4. The third kappa shape index (κ3) is 8.27. The summed E-state index contributed by atoms with van der Waals surface area (Å²) in [5.74, 6) is -2.40. The molecule has 0 aromatic rings. The number of alkyl carbamates (subject to hydrolysis) is 1. The summed E-state index contributed by atoms with van der Waals surface area (Å²) in [7, 11) is 0. The molecular formula is C18H31N3O6. The number of hydrogen-bond acceptors (Lipinski definition) is 5. The normalized spacial score (nSPS) is 19.2. The van der Waals surface area contributed by atoms with E-state index in [0.29, 0.717) is 19.4 Å². The average Bonchev–Trinajstić information content (AvgIpc) is 2.88. The highest BCUT2D eigenvalue weighted by molar-refractivity contribution is 5.90. The first-order valence-electron chi connectivity index (χ1n) is 9.19. The monoisotopic (exact) mass is 385 g/mol. The molecule has 9 heteroatoms. The zero-order chi connectivity index (χ0) is 20.8. The van der Waals surface area contributed by atoms with Crippen molar-refractivity contribution in [3.63, 3.8) is 0 Å². The van der Waals surface area contributed by atoms with Gasteiger partial charge < -0.3 is 25.8 Å². The fourth-order valence-electron chi connectivity index (χ4n) is 2.80. The number of carbonyl (C=O) groups is 4. The number of hydrogen-bond donors (Lipinski definition) is 4. The van der Waals surface area contributed by atoms with E-state index in [1.165, 1.54) is 0 Å². The van der Waals surface area contributed by atoms with Crippen LogP contribution in [0.1, 0.15) is 53.9 Å². The summed E-state index contributed by atoms with van der Waals surface area (Å²) < 4.78 is 5.17. The molecule has 0 bridgehead atoms. The standard InChI is InChI=1S/C18H31N3O6/c1-10(2)8-12(21-17(26)27-18(3,4)5)15(23)20-13(16(24)25)9-11-6-7-19-14(11)22/h10-13H,6-9H2,1-5H3,(H,19,22)(H,20,23)(H,21,26)(H,24,25)/t11-,12?,13?/m0/s1. The highest BCUT2D eigenvalue weighted by Crippen LogP contribution is 2.17. The van der Waals surface area contributed by atoms with Crippen LogP contribution in [0, 0.1) is 11.8 Å². The topological polar surface area (TPSA) is 134 Å². The van der Waals surface area contributed by atoms with Crippen molar-refractivity contribution >= 4 is 23.9 Å². The van der Waals surface area contributed by atoms with Gasteiger partial charge in [0.15, 0.2) is 0 Å². The lowest BCUT2D eigenvalue weighted by atomic mass is 9.97. The lowest BCUT2D eigenvalue weighted by Crippen LogP contribution is -2.53. The van der Waals surface area contributed by atoms with E-state index in [9.17, 15) is 24.3 Å². The van der Waals surface area contributed by atoms with Crippen molar-refractivity contribution in [1.82, 2.24) is 16.0 Å². The Bertz CT molecular complexity index is 570. The van der Waals surface area contributed by atoms with Crippen LogP contribution in [0.4, 0.5) is 4.79 Å². The third-order valence-corrected chi connectivity index (χ3v) is 4.01. The van der Waals surface area contributed by atoms with Gasteiger partial charge >= 0.3 is 12.1 Å². The minimum absolute atomic E-state index is 0.00768. The number of rotatable bonds is 8. The predicted molar refractivity (Wildman–Crippen MR) is 97.9 cm³/mol. The maximum Gasteiger partial charge on any atom is 0.408 e. The maximum atomic E-state index is 12.6. The quantitative estimate of drug-likeness (QED) is 0.493. The molecule has 0 aromatic carbocycles. The molecule has 1 saturated heterocycles. The minimum atomic E-state index is -1.22. The largest absolute Gasteiger partial charge is 0.480 e. The summed E-state index contributed by atoms with van der Waals surface area (Å²) in [6.07, 6.45) is 0.115. The molecule has 1 aliphatic heterocycles. The molecule has 3 amide bonds. The second-order valence-corrected chi connectivity index (χ2v) is 8.24. The Morgan fingerprint density at radius 2 is 1.85 bits per heavy atom. The van der Waals surface area contributed by atoms with Crippen LogP contribution < -0.4 is 16.0 Å². The minimum Gasteiger partial charge on any atom is -0.480 e. The molecule has 2 unspecified atom stereocenters. The van der Waals surface area contributed by atoms with Gasteiger partial charge in [0.2, 0.25) is 11.8 Å². The van der Waals surface area contributed by atoms with E-state index in [0.717, 1.165) is 0 Å². The van der Waals surface area contributed by atoms with Gasteiger partial charge in [0.25, 0.3) is 0 Å². The number of carboxylic acid groups (broad SMARTS) is 1. The number of aliphatic carboxylic acids is 1. The summed E-state index contributed by atoms with van der Waals surface area (Å²) in [5.41, 5.74) is -0.720. The first kappa shape index (κ1) is 22.7. The molecule has 3 atom stereocenters. The van der Waals surface area contributed by atoms with E-state index in [1.807, 2.05) is 13.8 Å². The SMILES string of the molecule is CC(C)CC(NC(=O)OC(C)(C)C)C(=O)NC(C[C@@H]1CCNC1=O)C(=O)O. The fourth-order valence-corrected chi connectivity index (χ4v) is 2.80. The van der Waals surface area contributed by atoms with Crippen molar-refractivity contribution in [3.8, 4) is 0 Å². The lowest BCUT2D eigenvalue weighted by molar-refractivity contribution is -0.143. The zero-order valence-electron chi connectivity index (χ0n) is 16.6. The Balaban J connectivity index is 2.78. The molecule has 0 saturated carbocycles. The van der Waals surface area contributed by atoms with E-state index in [1.54, 1.807) is 20.8 Å². The molecule has 0 aromatic heterocycles. The summed E-state index contributed by atoms with van der Waals surface area (Å²) in [4.78, 5) is 47.8. The highest BCUT2D eigenvalue weighted by atomic mass is 16.6. The van der Waals surface area contributed by atoms with Gasteiger partial charge in [-0.15, -0.1) is 0 Å². The van der Waals surface area contributed by atoms with Crippen molar-refractivity contribution in [2.24, 2.45) is 11.8 Å². The number of carbonyl (C=O) groups excluding carboxylic acids is 3. The highest BCUT2D eigenvalue weighted by Gasteiger charge is 2.33. The Morgan fingerprint density at radius 3 is 2.30 bits per heavy atom. The van der Waals surface area contributed by atoms with Gasteiger partial charge in [-0.25, -0.2) is 9.59 Å². The summed E-state index contributed by atoms with van der Waals surface area (Å²) in [5, 5.41) is 17.0. The van der Waals surface area contributed by atoms with Gasteiger partial charge in [0, 0.05) is 12.5 Å². The van der Waals surface area contributed by atoms with Crippen LogP contribution in [0.15, 0.2) is 0 Å². The Hall–Kier alpha value is -2.32. The Labute approximate surface area is 159 Å². The second-order valence-electron chi connectivity index (χ2n) is 8.24. The van der Waals surface area contributed by atoms with Gasteiger partial charge in [-0.3, -0.25) is 9.59 Å². The van der Waals surface area contributed by atoms with Gasteiger partial charge in [-0.1, -0.05) is 13.8 Å². The summed E-state index contributed by atoms with van der Waals surface area (Å²) in [6.45, 7) is 9.38. The molecule has 154 valence electrons. The molecule has 1 fully saturated rings. The molecule has 9 nitrogen and oxygen atoms in total. The zero-order valence-corrected chi connectivity index (χ0v) is 16.6. The summed E-state index contributed by atoms with van der Waals surface area (Å²) >= 11 is 0. The van der Waals surface area contributed by atoms with Crippen LogP contribution in [0.2, 0.25) is 0 Å². The van der Waals surface area contributed by atoms with Crippen LogP contribution in [0.25, 0.3) is 0 Å². The molecule has 27 heavy (non-hydrogen) atoms. The van der Waals surface area contributed by atoms with E-state index < -0.39 is 41.6 Å². The van der Waals surface area contributed by atoms with Crippen LogP contribution in [0.3, 0.4) is 0 Å². The molecule has 4 N–H and O–H groups in total. The predicted octanol–water partition coefficient (Wildman–Crippen LogP) is 1.02. The third-order valence-electron chi connectivity index (χ3n) is 4.01. The Morgan fingerprint density at radius 1 is 1.22 bits per heavy atom. The van der Waals surface area contributed by atoms with Crippen molar-refractivity contribution < 1.29 is 29.0 Å². The molecule has 1 aliphatic rings. The number of nitrogens with one attached hydrogen (secondary N) is 3. The van der Waals surface area contributed by atoms with Crippen molar-refractivity contribution in [2.75, 3.05) is 6.54 Å². The molecular weight excluding hydrogens is 354 g/mol. The van der Waals surface area contributed by atoms with Gasteiger partial charge in [-0.05, 0) is 46.0 Å². The second kappa shape index (κ2) is 9.57. The van der Waals surface area contributed by atoms with Crippen molar-refractivity contribution in [3.05, 3.63) is 0 Å². The number of ether oxygens (including phenoxy) is 1. The Kier molecular flexibility index (Phi) is 8.05. The smallest absolute Gasteiger partial charge is 0.408 e. The summed E-state index contributed by atoms with van der Waals surface area (Å²) in [6, 6.07) is -2.14. The lowest BCUT2D eigenvalue weighted by Gasteiger charge is -2.25. The maximum absolute atomic E-state index is 12.6. The van der Waals surface area contributed by atoms with E-state index in [2.05, 4.69) is 16.0 Å². The van der Waals surface area contributed by atoms with Crippen molar-refractivity contribution in [1.29, 1.82) is 0 Å². The van der Waals surface area contributed by atoms with Gasteiger partial charge in [0.1, 0.15) is 17.7 Å². The van der Waals surface area contributed by atoms with E-state index >= 15 is 0 Å². The van der Waals surface area contributed by atoms with Crippen LogP contribution >= 0.6 is 0 Å². The number of carboxylic acids is 1. The first-order valence-corrected chi connectivity index (χ1v) is 9.19. The van der Waals surface area contributed by atoms with E-state index in [4.69, 9.17) is 4.74 Å². The van der Waals surface area contributed by atoms with Gasteiger partial charge in [0.05, 0.1) is 0 Å². The van der Waals surface area contributed by atoms with E-state index in [-0.39, 0.29) is 18.2 Å². The van der Waals surface area contributed by atoms with Gasteiger partial charge in [-0.2, -0.15) is 0 Å². The molecule has 0 spiro atoms. The molecule has 1 rings (SSSR count). The van der Waals surface area contributed by atoms with Crippen LogP contribution in [-0.4, -0.2) is 53.2 Å². The molecule has 0 aliphatic carbocycles. The fraction of sp³-hybridized carbons (Fsp3) is 0.778. The average molecular weight is 385 g/mol. The number of amides is 3. The van der Waals surface area contributed by atoms with Crippen molar-refractivity contribution in [2.45, 2.75) is 71.6 Å².